The van der Waals surface area contributed by atoms with Crippen LogP contribution in [0.5, 0.6) is 0 Å². The van der Waals surface area contributed by atoms with E-state index in [0.29, 0.717) is 17.0 Å². The van der Waals surface area contributed by atoms with Gasteiger partial charge in [0.15, 0.2) is 7.14 Å². The number of rotatable bonds is 4. The zero-order chi connectivity index (χ0) is 18.1. The fourth-order valence-electron chi connectivity index (χ4n) is 3.32. The van der Waals surface area contributed by atoms with E-state index >= 15 is 0 Å². The Morgan fingerprint density at radius 2 is 1.46 bits per heavy atom. The quantitative estimate of drug-likeness (QED) is 0.689. The van der Waals surface area contributed by atoms with E-state index < -0.39 is 7.14 Å². The molecule has 2 aromatic carbocycles. The molecule has 0 aliphatic rings. The Hall–Kier alpha value is -1.66. The molecular weight excluding hydrogens is 315 g/mol. The lowest BCUT2D eigenvalue weighted by molar-refractivity contribution is 0.107. The molecule has 0 spiro atoms. The van der Waals surface area contributed by atoms with Crippen LogP contribution in [0.2, 0.25) is 0 Å². The maximum atomic E-state index is 14.0. The van der Waals surface area contributed by atoms with Crippen LogP contribution in [0.1, 0.15) is 47.8 Å². The lowest BCUT2D eigenvalue weighted by atomic mass is 10.0. The average Bonchev–Trinajstić information content (AvgIpc) is 2.45. The number of hydrogen-bond donors (Lipinski definition) is 0. The van der Waals surface area contributed by atoms with E-state index in [4.69, 9.17) is 0 Å². The van der Waals surface area contributed by atoms with Crippen LogP contribution in [0, 0.1) is 26.2 Å². The molecule has 2 rings (SSSR count). The second-order valence-electron chi connectivity index (χ2n) is 7.87. The molecule has 0 aliphatic heterocycles. The fourth-order valence-corrected chi connectivity index (χ4v) is 6.58. The summed E-state index contributed by atoms with van der Waals surface area (Å²) in [5.41, 5.74) is 3.14. The minimum absolute atomic E-state index is 0.201. The van der Waals surface area contributed by atoms with Gasteiger partial charge in [0.25, 0.3) is 0 Å². The van der Waals surface area contributed by atoms with Crippen molar-refractivity contribution in [2.45, 2.75) is 41.5 Å². The van der Waals surface area contributed by atoms with Gasteiger partial charge in [-0.15, -0.1) is 0 Å². The Morgan fingerprint density at radius 3 is 1.92 bits per heavy atom. The number of benzene rings is 2. The Balaban J connectivity index is 2.65. The van der Waals surface area contributed by atoms with E-state index in [-0.39, 0.29) is 10.9 Å². The molecule has 0 fully saturated rings. The van der Waals surface area contributed by atoms with E-state index in [2.05, 4.69) is 0 Å². The van der Waals surface area contributed by atoms with Crippen molar-refractivity contribution >= 4 is 18.0 Å². The van der Waals surface area contributed by atoms with Crippen molar-refractivity contribution in [1.29, 1.82) is 0 Å². The van der Waals surface area contributed by atoms with Gasteiger partial charge in [-0.1, -0.05) is 68.8 Å². The van der Waals surface area contributed by atoms with E-state index in [1.165, 1.54) is 0 Å². The molecule has 3 heteroatoms. The first kappa shape index (κ1) is 18.7. The van der Waals surface area contributed by atoms with Gasteiger partial charge >= 0.3 is 0 Å². The van der Waals surface area contributed by atoms with Crippen molar-refractivity contribution in [3.63, 3.8) is 0 Å². The summed E-state index contributed by atoms with van der Waals surface area (Å²) in [6.45, 7) is 12.0. The highest BCUT2D eigenvalue weighted by atomic mass is 31.2. The van der Waals surface area contributed by atoms with Gasteiger partial charge in [-0.3, -0.25) is 4.79 Å². The first-order chi connectivity index (χ1) is 11.0. The van der Waals surface area contributed by atoms with E-state index in [1.807, 2.05) is 84.0 Å². The minimum Gasteiger partial charge on any atom is -0.310 e. The van der Waals surface area contributed by atoms with Gasteiger partial charge in [-0.2, -0.15) is 0 Å². The molecule has 0 radical (unpaired) electrons. The molecule has 0 saturated heterocycles. The predicted molar refractivity (Wildman–Crippen MR) is 103 cm³/mol. The molecule has 1 atom stereocenters. The van der Waals surface area contributed by atoms with Crippen LogP contribution >= 0.6 is 7.14 Å². The molecule has 0 bridgehead atoms. The van der Waals surface area contributed by atoms with Gasteiger partial charge in [-0.25, -0.2) is 0 Å². The number of carbonyl (C=O) groups excluding carboxylic acids is 1. The first-order valence-electron chi connectivity index (χ1n) is 8.32. The molecule has 2 aromatic rings. The molecular formula is C21H27O2P. The van der Waals surface area contributed by atoms with Crippen molar-refractivity contribution in [3.8, 4) is 0 Å². The summed E-state index contributed by atoms with van der Waals surface area (Å²) in [7, 11) is -3.21. The van der Waals surface area contributed by atoms with Crippen molar-refractivity contribution < 1.29 is 9.36 Å². The normalized spacial score (nSPS) is 14.2. The highest BCUT2D eigenvalue weighted by molar-refractivity contribution is 7.87. The van der Waals surface area contributed by atoms with E-state index in [0.717, 1.165) is 16.7 Å². The van der Waals surface area contributed by atoms with Gasteiger partial charge in [0.1, 0.15) is 0 Å². The maximum Gasteiger partial charge on any atom is 0.226 e. The van der Waals surface area contributed by atoms with Gasteiger partial charge in [-0.05, 0) is 37.3 Å². The third-order valence-electron chi connectivity index (χ3n) is 4.09. The van der Waals surface area contributed by atoms with Crippen molar-refractivity contribution in [2.75, 3.05) is 6.16 Å². The standard InChI is InChI=1S/C21H27O2P/c1-15-12-16(2)19(17(3)13-15)20(22)24(23,14-21(4,5)6)18-10-8-7-9-11-18/h7-13H,14H2,1-6H3. The predicted octanol–water partition coefficient (Wildman–Crippen LogP) is 5.49. The van der Waals surface area contributed by atoms with Crippen LogP contribution in [0.4, 0.5) is 0 Å². The molecule has 0 amide bonds. The number of hydrogen-bond acceptors (Lipinski definition) is 2. The second-order valence-corrected chi connectivity index (χ2v) is 10.6. The SMILES string of the molecule is Cc1cc(C)c(C(=O)P(=O)(CC(C)(C)C)c2ccccc2)c(C)c1. The summed E-state index contributed by atoms with van der Waals surface area (Å²) in [4.78, 5) is 13.4. The molecule has 0 saturated carbocycles. The molecule has 0 N–H and O–H groups in total. The molecule has 2 nitrogen and oxygen atoms in total. The van der Waals surface area contributed by atoms with Crippen LogP contribution in [0.3, 0.4) is 0 Å². The summed E-state index contributed by atoms with van der Waals surface area (Å²) in [5, 5.41) is 0.657. The lowest BCUT2D eigenvalue weighted by Crippen LogP contribution is -2.24. The molecule has 0 aromatic heterocycles. The number of aryl methyl sites for hydroxylation is 3. The van der Waals surface area contributed by atoms with Crippen LogP contribution in [-0.4, -0.2) is 11.7 Å². The van der Waals surface area contributed by atoms with Crippen LogP contribution in [-0.2, 0) is 4.57 Å². The van der Waals surface area contributed by atoms with Crippen molar-refractivity contribution in [1.82, 2.24) is 0 Å². The summed E-state index contributed by atoms with van der Waals surface area (Å²) in [6.07, 6.45) is 0.371. The summed E-state index contributed by atoms with van der Waals surface area (Å²) in [6, 6.07) is 13.2. The molecule has 24 heavy (non-hydrogen) atoms. The third-order valence-corrected chi connectivity index (χ3v) is 7.50. The largest absolute Gasteiger partial charge is 0.310 e. The maximum absolute atomic E-state index is 14.0. The Bertz CT molecular complexity index is 775. The highest BCUT2D eigenvalue weighted by Gasteiger charge is 2.39. The first-order valence-corrected chi connectivity index (χ1v) is 10.2. The summed E-state index contributed by atoms with van der Waals surface area (Å²) < 4.78 is 14.0. The van der Waals surface area contributed by atoms with Gasteiger partial charge < -0.3 is 4.57 Å². The van der Waals surface area contributed by atoms with Crippen molar-refractivity contribution in [3.05, 3.63) is 64.7 Å². The molecule has 1 unspecified atom stereocenters. The number of carbonyl (C=O) groups is 1. The summed E-state index contributed by atoms with van der Waals surface area (Å²) in [5.74, 6) is 0. The highest BCUT2D eigenvalue weighted by Crippen LogP contribution is 2.52. The molecule has 128 valence electrons. The zero-order valence-electron chi connectivity index (χ0n) is 15.5. The van der Waals surface area contributed by atoms with Gasteiger partial charge in [0.2, 0.25) is 5.52 Å². The second kappa shape index (κ2) is 6.69. The zero-order valence-corrected chi connectivity index (χ0v) is 16.4. The molecule has 0 heterocycles. The minimum atomic E-state index is -3.21. The Labute approximate surface area is 145 Å². The van der Waals surface area contributed by atoms with E-state index in [9.17, 15) is 9.36 Å². The van der Waals surface area contributed by atoms with Crippen LogP contribution in [0.15, 0.2) is 42.5 Å². The Kier molecular flexibility index (Phi) is 5.20. The van der Waals surface area contributed by atoms with Gasteiger partial charge in [0.05, 0.1) is 0 Å². The van der Waals surface area contributed by atoms with Crippen LogP contribution < -0.4 is 5.30 Å². The summed E-state index contributed by atoms with van der Waals surface area (Å²) >= 11 is 0. The average molecular weight is 342 g/mol. The lowest BCUT2D eigenvalue weighted by Gasteiger charge is -2.27. The monoisotopic (exact) mass is 342 g/mol. The van der Waals surface area contributed by atoms with E-state index in [1.54, 1.807) is 0 Å². The van der Waals surface area contributed by atoms with Crippen LogP contribution in [0.25, 0.3) is 0 Å². The van der Waals surface area contributed by atoms with Crippen molar-refractivity contribution in [2.24, 2.45) is 5.41 Å². The Morgan fingerprint density at radius 1 is 0.958 bits per heavy atom. The smallest absolute Gasteiger partial charge is 0.226 e. The topological polar surface area (TPSA) is 34.1 Å². The fraction of sp³-hybridized carbons (Fsp3) is 0.381. The molecule has 0 aliphatic carbocycles. The van der Waals surface area contributed by atoms with Gasteiger partial charge in [0, 0.05) is 17.0 Å². The third kappa shape index (κ3) is 3.87.